The third-order valence-electron chi connectivity index (χ3n) is 4.15. The van der Waals surface area contributed by atoms with Gasteiger partial charge in [-0.15, -0.1) is 0 Å². The SMILES string of the molecule is COc1cccc(CNC(=O)c2cccc(C(=O)NCc3cccnc3)c2)c1. The molecule has 142 valence electrons. The molecule has 0 aliphatic heterocycles. The number of nitrogens with zero attached hydrogens (tertiary/aromatic N) is 1. The van der Waals surface area contributed by atoms with Crippen LogP contribution in [0.2, 0.25) is 0 Å². The molecule has 28 heavy (non-hydrogen) atoms. The molecule has 0 spiro atoms. The van der Waals surface area contributed by atoms with E-state index in [4.69, 9.17) is 4.74 Å². The number of amides is 2. The van der Waals surface area contributed by atoms with E-state index in [2.05, 4.69) is 15.6 Å². The van der Waals surface area contributed by atoms with Gasteiger partial charge < -0.3 is 15.4 Å². The summed E-state index contributed by atoms with van der Waals surface area (Å²) in [7, 11) is 1.60. The lowest BCUT2D eigenvalue weighted by Gasteiger charge is -2.09. The van der Waals surface area contributed by atoms with Crippen molar-refractivity contribution in [3.63, 3.8) is 0 Å². The fraction of sp³-hybridized carbons (Fsp3) is 0.136. The van der Waals surface area contributed by atoms with Crippen LogP contribution in [0.4, 0.5) is 0 Å². The quantitative estimate of drug-likeness (QED) is 0.665. The predicted octanol–water partition coefficient (Wildman–Crippen LogP) is 2.95. The molecule has 0 aliphatic rings. The number of hydrogen-bond acceptors (Lipinski definition) is 4. The number of benzene rings is 2. The first-order valence-electron chi connectivity index (χ1n) is 8.84. The number of methoxy groups -OCH3 is 1. The van der Waals surface area contributed by atoms with Crippen LogP contribution in [0.1, 0.15) is 31.8 Å². The summed E-state index contributed by atoms with van der Waals surface area (Å²) in [5.74, 6) is 0.245. The van der Waals surface area contributed by atoms with Crippen LogP contribution >= 0.6 is 0 Å². The summed E-state index contributed by atoms with van der Waals surface area (Å²) in [4.78, 5) is 28.8. The van der Waals surface area contributed by atoms with E-state index in [0.717, 1.165) is 16.9 Å². The van der Waals surface area contributed by atoms with E-state index in [1.807, 2.05) is 36.4 Å². The molecule has 2 N–H and O–H groups in total. The van der Waals surface area contributed by atoms with Gasteiger partial charge in [0.15, 0.2) is 0 Å². The molecule has 2 aromatic carbocycles. The Balaban J connectivity index is 1.60. The molecule has 6 nitrogen and oxygen atoms in total. The number of rotatable bonds is 7. The van der Waals surface area contributed by atoms with Crippen molar-refractivity contribution in [3.8, 4) is 5.75 Å². The van der Waals surface area contributed by atoms with E-state index in [1.165, 1.54) is 0 Å². The molecule has 0 saturated carbocycles. The summed E-state index contributed by atoms with van der Waals surface area (Å²) >= 11 is 0. The second kappa shape index (κ2) is 9.32. The lowest BCUT2D eigenvalue weighted by Crippen LogP contribution is -2.25. The summed E-state index contributed by atoms with van der Waals surface area (Å²) in [6, 6.07) is 17.8. The van der Waals surface area contributed by atoms with Crippen molar-refractivity contribution < 1.29 is 14.3 Å². The number of carbonyl (C=O) groups is 2. The van der Waals surface area contributed by atoms with Crippen LogP contribution in [-0.2, 0) is 13.1 Å². The second-order valence-electron chi connectivity index (χ2n) is 6.16. The van der Waals surface area contributed by atoms with Gasteiger partial charge in [-0.1, -0.05) is 24.3 Å². The van der Waals surface area contributed by atoms with Crippen molar-refractivity contribution in [1.29, 1.82) is 0 Å². The van der Waals surface area contributed by atoms with Crippen LogP contribution in [0, 0.1) is 0 Å². The van der Waals surface area contributed by atoms with Crippen molar-refractivity contribution in [2.75, 3.05) is 7.11 Å². The first kappa shape index (κ1) is 19.1. The van der Waals surface area contributed by atoms with Crippen LogP contribution in [0.25, 0.3) is 0 Å². The molecule has 0 bridgehead atoms. The number of carbonyl (C=O) groups excluding carboxylic acids is 2. The maximum atomic E-state index is 12.4. The Labute approximate surface area is 163 Å². The topological polar surface area (TPSA) is 80.3 Å². The summed E-state index contributed by atoms with van der Waals surface area (Å²) in [6.07, 6.45) is 3.38. The maximum Gasteiger partial charge on any atom is 0.251 e. The van der Waals surface area contributed by atoms with Gasteiger partial charge in [-0.2, -0.15) is 0 Å². The van der Waals surface area contributed by atoms with E-state index in [9.17, 15) is 9.59 Å². The number of aromatic nitrogens is 1. The average Bonchev–Trinajstić information content (AvgIpc) is 2.76. The van der Waals surface area contributed by atoms with Crippen molar-refractivity contribution >= 4 is 11.8 Å². The first-order valence-corrected chi connectivity index (χ1v) is 8.84. The summed E-state index contributed by atoms with van der Waals surface area (Å²) in [5, 5.41) is 5.68. The molecule has 3 rings (SSSR count). The van der Waals surface area contributed by atoms with Crippen LogP contribution in [-0.4, -0.2) is 23.9 Å². The maximum absolute atomic E-state index is 12.4. The van der Waals surface area contributed by atoms with Crippen LogP contribution < -0.4 is 15.4 Å². The predicted molar refractivity (Wildman–Crippen MR) is 106 cm³/mol. The standard InChI is InChI=1S/C22H21N3O3/c1-28-20-9-2-5-16(11-20)14-24-21(26)18-7-3-8-19(12-18)22(27)25-15-17-6-4-10-23-13-17/h2-13H,14-15H2,1H3,(H,24,26)(H,25,27). The number of hydrogen-bond donors (Lipinski definition) is 2. The Kier molecular flexibility index (Phi) is 6.36. The van der Waals surface area contributed by atoms with Gasteiger partial charge in [-0.05, 0) is 47.5 Å². The summed E-state index contributed by atoms with van der Waals surface area (Å²) in [5.41, 5.74) is 2.69. The van der Waals surface area contributed by atoms with Crippen molar-refractivity contribution in [2.24, 2.45) is 0 Å². The zero-order valence-electron chi connectivity index (χ0n) is 15.5. The summed E-state index contributed by atoms with van der Waals surface area (Å²) in [6.45, 7) is 0.742. The van der Waals surface area contributed by atoms with Crippen LogP contribution in [0.3, 0.4) is 0 Å². The fourth-order valence-electron chi connectivity index (χ4n) is 2.66. The largest absolute Gasteiger partial charge is 0.497 e. The first-order chi connectivity index (χ1) is 13.7. The molecule has 2 amide bonds. The molecular formula is C22H21N3O3. The number of pyridine rings is 1. The van der Waals surface area contributed by atoms with Gasteiger partial charge in [0.1, 0.15) is 5.75 Å². The Bertz CT molecular complexity index is 958. The molecule has 1 aromatic heterocycles. The third-order valence-corrected chi connectivity index (χ3v) is 4.15. The highest BCUT2D eigenvalue weighted by Crippen LogP contribution is 2.13. The Morgan fingerprint density at radius 3 is 2.14 bits per heavy atom. The highest BCUT2D eigenvalue weighted by Gasteiger charge is 2.10. The number of nitrogens with one attached hydrogen (secondary N) is 2. The van der Waals surface area contributed by atoms with E-state index >= 15 is 0 Å². The highest BCUT2D eigenvalue weighted by molar-refractivity contribution is 5.99. The molecular weight excluding hydrogens is 354 g/mol. The summed E-state index contributed by atoms with van der Waals surface area (Å²) < 4.78 is 5.18. The second-order valence-corrected chi connectivity index (χ2v) is 6.16. The van der Waals surface area contributed by atoms with Crippen molar-refractivity contribution in [2.45, 2.75) is 13.1 Å². The van der Waals surface area contributed by atoms with Crippen LogP contribution in [0.15, 0.2) is 73.1 Å². The van der Waals surface area contributed by atoms with Gasteiger partial charge in [0, 0.05) is 36.6 Å². The molecule has 0 radical (unpaired) electrons. The third kappa shape index (κ3) is 5.17. The lowest BCUT2D eigenvalue weighted by molar-refractivity contribution is 0.0950. The van der Waals surface area contributed by atoms with Gasteiger partial charge in [0.05, 0.1) is 7.11 Å². The van der Waals surface area contributed by atoms with Gasteiger partial charge in [-0.3, -0.25) is 14.6 Å². The lowest BCUT2D eigenvalue weighted by atomic mass is 10.1. The Morgan fingerprint density at radius 1 is 0.857 bits per heavy atom. The Morgan fingerprint density at radius 2 is 1.50 bits per heavy atom. The van der Waals surface area contributed by atoms with E-state index in [-0.39, 0.29) is 11.8 Å². The molecule has 1 heterocycles. The minimum atomic E-state index is -0.246. The average molecular weight is 375 g/mol. The van der Waals surface area contributed by atoms with E-state index < -0.39 is 0 Å². The van der Waals surface area contributed by atoms with Crippen molar-refractivity contribution in [3.05, 3.63) is 95.3 Å². The van der Waals surface area contributed by atoms with Crippen molar-refractivity contribution in [1.82, 2.24) is 15.6 Å². The van der Waals surface area contributed by atoms with Crippen LogP contribution in [0.5, 0.6) is 5.75 Å². The molecule has 0 fully saturated rings. The molecule has 6 heteroatoms. The monoisotopic (exact) mass is 375 g/mol. The Hall–Kier alpha value is -3.67. The zero-order valence-corrected chi connectivity index (χ0v) is 15.5. The minimum absolute atomic E-state index is 0.244. The molecule has 0 saturated heterocycles. The van der Waals surface area contributed by atoms with Gasteiger partial charge in [0.2, 0.25) is 0 Å². The molecule has 0 atom stereocenters. The smallest absolute Gasteiger partial charge is 0.251 e. The van der Waals surface area contributed by atoms with E-state index in [0.29, 0.717) is 24.2 Å². The number of ether oxygens (including phenoxy) is 1. The van der Waals surface area contributed by atoms with Gasteiger partial charge in [-0.25, -0.2) is 0 Å². The fourth-order valence-corrected chi connectivity index (χ4v) is 2.66. The van der Waals surface area contributed by atoms with Gasteiger partial charge >= 0.3 is 0 Å². The zero-order chi connectivity index (χ0) is 19.8. The van der Waals surface area contributed by atoms with E-state index in [1.54, 1.807) is 43.8 Å². The molecule has 3 aromatic rings. The molecule has 0 aliphatic carbocycles. The highest BCUT2D eigenvalue weighted by atomic mass is 16.5. The normalized spacial score (nSPS) is 10.2. The van der Waals surface area contributed by atoms with Gasteiger partial charge in [0.25, 0.3) is 11.8 Å². The minimum Gasteiger partial charge on any atom is -0.497 e. The molecule has 0 unspecified atom stereocenters.